The van der Waals surface area contributed by atoms with E-state index in [1.54, 1.807) is 43.5 Å². The molecule has 0 aliphatic heterocycles. The molecule has 0 atom stereocenters. The lowest BCUT2D eigenvalue weighted by molar-refractivity contribution is -0.386. The molecule has 0 unspecified atom stereocenters. The lowest BCUT2D eigenvalue weighted by Crippen LogP contribution is -2.10. The Hall–Kier alpha value is -4.47. The van der Waals surface area contributed by atoms with Gasteiger partial charge in [-0.25, -0.2) is 4.39 Å². The zero-order valence-corrected chi connectivity index (χ0v) is 17.5. The van der Waals surface area contributed by atoms with Crippen LogP contribution in [-0.2, 0) is 13.2 Å². The van der Waals surface area contributed by atoms with Crippen molar-refractivity contribution in [2.45, 2.75) is 20.1 Å². The largest absolute Gasteiger partial charge is 0.479 e. The highest BCUT2D eigenvalue weighted by atomic mass is 19.1. The maximum absolute atomic E-state index is 13.8. The zero-order chi connectivity index (χ0) is 23.4. The highest BCUT2D eigenvalue weighted by Gasteiger charge is 2.17. The molecular formula is C23H19FN4O5. The minimum Gasteiger partial charge on any atom is -0.479 e. The van der Waals surface area contributed by atoms with Gasteiger partial charge in [-0.2, -0.15) is 5.10 Å². The summed E-state index contributed by atoms with van der Waals surface area (Å²) < 4.78 is 26.3. The van der Waals surface area contributed by atoms with Gasteiger partial charge in [-0.15, -0.1) is 0 Å². The first-order chi connectivity index (χ1) is 15.9. The van der Waals surface area contributed by atoms with Crippen LogP contribution in [-0.4, -0.2) is 20.6 Å². The molecule has 0 bridgehead atoms. The van der Waals surface area contributed by atoms with Crippen LogP contribution in [0.5, 0.6) is 5.75 Å². The van der Waals surface area contributed by atoms with E-state index in [9.17, 15) is 19.3 Å². The lowest BCUT2D eigenvalue weighted by atomic mass is 10.2. The number of benzene rings is 2. The Kier molecular flexibility index (Phi) is 6.16. The van der Waals surface area contributed by atoms with Crippen LogP contribution in [0.2, 0.25) is 0 Å². The van der Waals surface area contributed by atoms with Crippen LogP contribution in [0.15, 0.2) is 71.4 Å². The molecule has 0 aliphatic rings. The Labute approximate surface area is 187 Å². The summed E-state index contributed by atoms with van der Waals surface area (Å²) in [6, 6.07) is 14.0. The quantitative estimate of drug-likeness (QED) is 0.307. The van der Waals surface area contributed by atoms with Crippen molar-refractivity contribution in [3.8, 4) is 5.75 Å². The van der Waals surface area contributed by atoms with Crippen molar-refractivity contribution in [3.05, 3.63) is 106 Å². The second-order valence-corrected chi connectivity index (χ2v) is 7.26. The fourth-order valence-electron chi connectivity index (χ4n) is 3.13. The monoisotopic (exact) mass is 450 g/mol. The maximum Gasteiger partial charge on any atom is 0.311 e. The smallest absolute Gasteiger partial charge is 0.311 e. The summed E-state index contributed by atoms with van der Waals surface area (Å²) in [6.07, 6.45) is 3.02. The lowest BCUT2D eigenvalue weighted by Gasteiger charge is -2.06. The molecule has 0 aliphatic carbocycles. The third kappa shape index (κ3) is 5.24. The third-order valence-corrected chi connectivity index (χ3v) is 4.75. The van der Waals surface area contributed by atoms with E-state index in [1.807, 2.05) is 0 Å². The molecule has 2 heterocycles. The van der Waals surface area contributed by atoms with Gasteiger partial charge in [0.25, 0.3) is 5.91 Å². The number of hydrogen-bond acceptors (Lipinski definition) is 6. The van der Waals surface area contributed by atoms with Crippen molar-refractivity contribution < 1.29 is 23.3 Å². The number of ether oxygens (including phenoxy) is 1. The maximum atomic E-state index is 13.8. The van der Waals surface area contributed by atoms with Crippen molar-refractivity contribution in [1.82, 2.24) is 9.78 Å². The fourth-order valence-corrected chi connectivity index (χ4v) is 3.13. The van der Waals surface area contributed by atoms with Crippen LogP contribution in [0.1, 0.15) is 27.4 Å². The summed E-state index contributed by atoms with van der Waals surface area (Å²) >= 11 is 0. The molecule has 4 rings (SSSR count). The van der Waals surface area contributed by atoms with Gasteiger partial charge in [-0.3, -0.25) is 19.6 Å². The fraction of sp³-hybridized carbons (Fsp3) is 0.130. The van der Waals surface area contributed by atoms with E-state index in [0.717, 1.165) is 5.56 Å². The van der Waals surface area contributed by atoms with Gasteiger partial charge in [0.05, 0.1) is 23.4 Å². The van der Waals surface area contributed by atoms with Crippen LogP contribution < -0.4 is 10.1 Å². The number of furan rings is 1. The van der Waals surface area contributed by atoms with Crippen molar-refractivity contribution in [2.75, 3.05) is 5.32 Å². The highest BCUT2D eigenvalue weighted by Crippen LogP contribution is 2.28. The second-order valence-electron chi connectivity index (χ2n) is 7.26. The Bertz CT molecular complexity index is 1310. The van der Waals surface area contributed by atoms with E-state index in [4.69, 9.17) is 9.15 Å². The van der Waals surface area contributed by atoms with E-state index in [2.05, 4.69) is 10.4 Å². The van der Waals surface area contributed by atoms with Crippen LogP contribution in [0.3, 0.4) is 0 Å². The molecule has 33 heavy (non-hydrogen) atoms. The molecule has 0 saturated heterocycles. The van der Waals surface area contributed by atoms with Gasteiger partial charge in [0, 0.05) is 17.8 Å². The van der Waals surface area contributed by atoms with E-state index < -0.39 is 10.8 Å². The summed E-state index contributed by atoms with van der Waals surface area (Å²) in [7, 11) is 0. The van der Waals surface area contributed by atoms with Gasteiger partial charge in [-0.05, 0) is 36.8 Å². The van der Waals surface area contributed by atoms with Crippen molar-refractivity contribution in [2.24, 2.45) is 0 Å². The minimum atomic E-state index is -0.518. The van der Waals surface area contributed by atoms with Crippen LogP contribution in [0, 0.1) is 22.9 Å². The van der Waals surface area contributed by atoms with Crippen molar-refractivity contribution in [3.63, 3.8) is 0 Å². The Morgan fingerprint density at radius 3 is 2.85 bits per heavy atom. The van der Waals surface area contributed by atoms with Crippen molar-refractivity contribution >= 4 is 17.3 Å². The molecule has 2 aromatic heterocycles. The molecule has 9 nitrogen and oxygen atoms in total. The molecule has 0 fully saturated rings. The molecule has 4 aromatic rings. The van der Waals surface area contributed by atoms with Gasteiger partial charge in [-0.1, -0.05) is 24.3 Å². The number of carbonyl (C=O) groups is 1. The number of nitrogens with zero attached hydrogens (tertiary/aromatic N) is 3. The molecule has 1 N–H and O–H groups in total. The first kappa shape index (κ1) is 21.8. The number of amides is 1. The predicted octanol–water partition coefficient (Wildman–Crippen LogP) is 4.71. The summed E-state index contributed by atoms with van der Waals surface area (Å²) in [4.78, 5) is 23.2. The molecule has 168 valence electrons. The van der Waals surface area contributed by atoms with Gasteiger partial charge >= 0.3 is 5.69 Å². The number of halogens is 1. The average molecular weight is 450 g/mol. The van der Waals surface area contributed by atoms with E-state index >= 15 is 0 Å². The molecule has 0 spiro atoms. The van der Waals surface area contributed by atoms with E-state index in [-0.39, 0.29) is 36.2 Å². The molecule has 0 saturated carbocycles. The third-order valence-electron chi connectivity index (χ3n) is 4.75. The van der Waals surface area contributed by atoms with Gasteiger partial charge in [0.2, 0.25) is 0 Å². The van der Waals surface area contributed by atoms with Gasteiger partial charge in [0.15, 0.2) is 11.5 Å². The Morgan fingerprint density at radius 1 is 1.24 bits per heavy atom. The number of anilines is 1. The number of rotatable bonds is 8. The summed E-state index contributed by atoms with van der Waals surface area (Å²) in [5.41, 5.74) is 1.49. The topological polar surface area (TPSA) is 112 Å². The van der Waals surface area contributed by atoms with E-state index in [1.165, 1.54) is 35.1 Å². The molecule has 1 amide bonds. The average Bonchev–Trinajstić information content (AvgIpc) is 3.44. The predicted molar refractivity (Wildman–Crippen MR) is 117 cm³/mol. The minimum absolute atomic E-state index is 0.0360. The van der Waals surface area contributed by atoms with Gasteiger partial charge in [0.1, 0.15) is 18.2 Å². The molecule has 10 heteroatoms. The molecule has 2 aromatic carbocycles. The zero-order valence-electron chi connectivity index (χ0n) is 17.5. The Balaban J connectivity index is 1.36. The van der Waals surface area contributed by atoms with Crippen LogP contribution >= 0.6 is 0 Å². The number of aromatic nitrogens is 2. The van der Waals surface area contributed by atoms with Gasteiger partial charge < -0.3 is 14.5 Å². The Morgan fingerprint density at radius 2 is 2.06 bits per heavy atom. The van der Waals surface area contributed by atoms with E-state index in [0.29, 0.717) is 17.0 Å². The highest BCUT2D eigenvalue weighted by molar-refractivity contribution is 6.02. The number of nitrogens with one attached hydrogen (secondary N) is 1. The normalized spacial score (nSPS) is 10.7. The number of carbonyl (C=O) groups excluding carboxylic acids is 1. The summed E-state index contributed by atoms with van der Waals surface area (Å²) in [6.45, 7) is 1.88. The number of nitro groups is 1. The second kappa shape index (κ2) is 9.35. The number of nitro benzene ring substituents is 1. The first-order valence-electron chi connectivity index (χ1n) is 9.93. The van der Waals surface area contributed by atoms with Crippen LogP contribution in [0.4, 0.5) is 15.8 Å². The number of hydrogen-bond donors (Lipinski definition) is 1. The molecular weight excluding hydrogens is 431 g/mol. The summed E-state index contributed by atoms with van der Waals surface area (Å²) in [5.74, 6) is -0.373. The number of aryl methyl sites for hydroxylation is 1. The standard InChI is InChI=1S/C23H19FN4O5/c1-15-6-8-21(20(10-15)28(30)31)32-14-18-7-9-22(33-18)23(29)26-17-11-25-27(13-17)12-16-4-2-3-5-19(16)24/h2-11,13H,12,14H2,1H3,(H,26,29). The SMILES string of the molecule is Cc1ccc(OCc2ccc(C(=O)Nc3cnn(Cc4ccccc4F)c3)o2)c([N+](=O)[O-])c1. The summed E-state index contributed by atoms with van der Waals surface area (Å²) in [5, 5.41) is 18.0. The van der Waals surface area contributed by atoms with Crippen LogP contribution in [0.25, 0.3) is 0 Å². The first-order valence-corrected chi connectivity index (χ1v) is 9.93. The van der Waals surface area contributed by atoms with Crippen molar-refractivity contribution in [1.29, 1.82) is 0 Å². The molecule has 0 radical (unpaired) electrons.